The number of carbonyl (C=O) groups is 2. The maximum atomic E-state index is 13.1. The van der Waals surface area contributed by atoms with Gasteiger partial charge < -0.3 is 10.2 Å². The monoisotopic (exact) mass is 397 g/mol. The zero-order valence-electron chi connectivity index (χ0n) is 15.8. The van der Waals surface area contributed by atoms with Gasteiger partial charge in [-0.25, -0.2) is 0 Å². The number of halogens is 3. The van der Waals surface area contributed by atoms with E-state index in [4.69, 9.17) is 0 Å². The van der Waals surface area contributed by atoms with Gasteiger partial charge in [-0.2, -0.15) is 13.2 Å². The van der Waals surface area contributed by atoms with Crippen molar-refractivity contribution in [1.29, 1.82) is 0 Å². The van der Waals surface area contributed by atoms with Gasteiger partial charge >= 0.3 is 6.18 Å². The molecule has 0 spiro atoms. The minimum Gasteiger partial charge on any atom is -0.353 e. The number of piperazine rings is 1. The van der Waals surface area contributed by atoms with Crippen molar-refractivity contribution in [2.75, 3.05) is 32.7 Å². The van der Waals surface area contributed by atoms with E-state index >= 15 is 0 Å². The van der Waals surface area contributed by atoms with Gasteiger partial charge in [0.2, 0.25) is 5.91 Å². The van der Waals surface area contributed by atoms with Crippen molar-refractivity contribution in [3.8, 4) is 0 Å². The van der Waals surface area contributed by atoms with E-state index in [1.807, 2.05) is 0 Å². The molecular weight excluding hydrogens is 371 g/mol. The van der Waals surface area contributed by atoms with E-state index in [0.717, 1.165) is 18.9 Å². The van der Waals surface area contributed by atoms with Crippen molar-refractivity contribution < 1.29 is 22.8 Å². The molecule has 1 aliphatic carbocycles. The van der Waals surface area contributed by atoms with Crippen molar-refractivity contribution in [2.45, 2.75) is 44.3 Å². The van der Waals surface area contributed by atoms with Gasteiger partial charge in [0.1, 0.15) is 0 Å². The third-order valence-corrected chi connectivity index (χ3v) is 5.50. The molecule has 1 aromatic rings. The molecule has 0 radical (unpaired) electrons. The summed E-state index contributed by atoms with van der Waals surface area (Å²) in [5, 5.41) is 3.05. The van der Waals surface area contributed by atoms with Crippen LogP contribution in [0, 0.1) is 0 Å². The van der Waals surface area contributed by atoms with E-state index in [2.05, 4.69) is 10.2 Å². The van der Waals surface area contributed by atoms with E-state index in [9.17, 15) is 22.8 Å². The molecule has 1 saturated heterocycles. The first-order valence-corrected chi connectivity index (χ1v) is 9.82. The van der Waals surface area contributed by atoms with Gasteiger partial charge in [0.05, 0.1) is 11.1 Å². The smallest absolute Gasteiger partial charge is 0.353 e. The first kappa shape index (κ1) is 20.6. The van der Waals surface area contributed by atoms with Crippen LogP contribution in [0.2, 0.25) is 0 Å². The van der Waals surface area contributed by atoms with Crippen LogP contribution in [0.5, 0.6) is 0 Å². The van der Waals surface area contributed by atoms with Crippen molar-refractivity contribution in [1.82, 2.24) is 15.1 Å². The molecule has 5 nitrogen and oxygen atoms in total. The largest absolute Gasteiger partial charge is 0.417 e. The van der Waals surface area contributed by atoms with Gasteiger partial charge in [-0.05, 0) is 25.0 Å². The molecular formula is C20H26F3N3O2. The maximum absolute atomic E-state index is 13.1. The quantitative estimate of drug-likeness (QED) is 0.831. The second-order valence-electron chi connectivity index (χ2n) is 7.48. The van der Waals surface area contributed by atoms with Crippen LogP contribution in [0.1, 0.15) is 48.0 Å². The Morgan fingerprint density at radius 1 is 1.04 bits per heavy atom. The highest BCUT2D eigenvalue weighted by atomic mass is 19.4. The summed E-state index contributed by atoms with van der Waals surface area (Å²) in [5.74, 6) is -0.545. The molecule has 2 amide bonds. The highest BCUT2D eigenvalue weighted by molar-refractivity contribution is 5.96. The van der Waals surface area contributed by atoms with Crippen molar-refractivity contribution in [3.63, 3.8) is 0 Å². The van der Waals surface area contributed by atoms with Crippen LogP contribution in [0.25, 0.3) is 0 Å². The third kappa shape index (κ3) is 5.25. The molecule has 1 aliphatic heterocycles. The van der Waals surface area contributed by atoms with Crippen LogP contribution in [0.15, 0.2) is 24.3 Å². The Bertz CT molecular complexity index is 694. The first-order chi connectivity index (χ1) is 13.3. The zero-order chi connectivity index (χ0) is 20.1. The van der Waals surface area contributed by atoms with Gasteiger partial charge in [-0.15, -0.1) is 0 Å². The summed E-state index contributed by atoms with van der Waals surface area (Å²) >= 11 is 0. The Kier molecular flexibility index (Phi) is 6.59. The van der Waals surface area contributed by atoms with Gasteiger partial charge in [-0.1, -0.05) is 25.0 Å². The number of carbonyl (C=O) groups excluding carboxylic acids is 2. The summed E-state index contributed by atoms with van der Waals surface area (Å²) in [6, 6.07) is 5.20. The lowest BCUT2D eigenvalue weighted by Gasteiger charge is -2.35. The molecule has 2 aliphatic rings. The molecule has 0 aromatic heterocycles. The minimum absolute atomic E-state index is 0.0458. The van der Waals surface area contributed by atoms with Crippen LogP contribution >= 0.6 is 0 Å². The van der Waals surface area contributed by atoms with Gasteiger partial charge in [0.15, 0.2) is 0 Å². The maximum Gasteiger partial charge on any atom is 0.417 e. The SMILES string of the molecule is O=C(CCN1CCN(C(=O)c2ccccc2C(F)(F)F)CC1)NC1CCCC1. The average Bonchev–Trinajstić information content (AvgIpc) is 3.18. The summed E-state index contributed by atoms with van der Waals surface area (Å²) in [6.45, 7) is 2.41. The first-order valence-electron chi connectivity index (χ1n) is 9.82. The summed E-state index contributed by atoms with van der Waals surface area (Å²) in [5.41, 5.74) is -1.20. The van der Waals surface area contributed by atoms with Crippen LogP contribution in [-0.2, 0) is 11.0 Å². The fraction of sp³-hybridized carbons (Fsp3) is 0.600. The number of nitrogens with zero attached hydrogens (tertiary/aromatic N) is 2. The molecule has 1 heterocycles. The normalized spacial score (nSPS) is 19.0. The highest BCUT2D eigenvalue weighted by Crippen LogP contribution is 2.32. The Morgan fingerprint density at radius 3 is 2.32 bits per heavy atom. The van der Waals surface area contributed by atoms with Crippen LogP contribution in [0.3, 0.4) is 0 Å². The van der Waals surface area contributed by atoms with Gasteiger partial charge in [0.25, 0.3) is 5.91 Å². The molecule has 154 valence electrons. The van der Waals surface area contributed by atoms with E-state index in [1.54, 1.807) is 0 Å². The summed E-state index contributed by atoms with van der Waals surface area (Å²) in [6.07, 6.45) is 0.275. The lowest BCUT2D eigenvalue weighted by molar-refractivity contribution is -0.138. The van der Waals surface area contributed by atoms with E-state index in [0.29, 0.717) is 45.2 Å². The number of nitrogens with one attached hydrogen (secondary N) is 1. The van der Waals surface area contributed by atoms with Crippen molar-refractivity contribution in [3.05, 3.63) is 35.4 Å². The van der Waals surface area contributed by atoms with Crippen LogP contribution in [-0.4, -0.2) is 60.4 Å². The van der Waals surface area contributed by atoms with Gasteiger partial charge in [0, 0.05) is 45.2 Å². The predicted molar refractivity (Wildman–Crippen MR) is 98.8 cm³/mol. The Balaban J connectivity index is 1.47. The third-order valence-electron chi connectivity index (χ3n) is 5.50. The number of alkyl halides is 3. The minimum atomic E-state index is -4.55. The molecule has 0 atom stereocenters. The van der Waals surface area contributed by atoms with E-state index in [1.165, 1.54) is 35.9 Å². The molecule has 8 heteroatoms. The zero-order valence-corrected chi connectivity index (χ0v) is 15.8. The number of hydrogen-bond acceptors (Lipinski definition) is 3. The number of rotatable bonds is 5. The second-order valence-corrected chi connectivity index (χ2v) is 7.48. The Labute approximate surface area is 162 Å². The van der Waals surface area contributed by atoms with Crippen molar-refractivity contribution in [2.24, 2.45) is 0 Å². The van der Waals surface area contributed by atoms with Crippen LogP contribution in [0.4, 0.5) is 13.2 Å². The van der Waals surface area contributed by atoms with Crippen LogP contribution < -0.4 is 5.32 Å². The lowest BCUT2D eigenvalue weighted by Crippen LogP contribution is -2.49. The Morgan fingerprint density at radius 2 is 1.68 bits per heavy atom. The topological polar surface area (TPSA) is 52.7 Å². The summed E-state index contributed by atoms with van der Waals surface area (Å²) in [7, 11) is 0. The standard InChI is InChI=1S/C20H26F3N3O2/c21-20(22,23)17-8-4-3-7-16(17)19(28)26-13-11-25(12-14-26)10-9-18(27)24-15-5-1-2-6-15/h3-4,7-8,15H,1-2,5-6,9-14H2,(H,24,27). The van der Waals surface area contributed by atoms with Crippen molar-refractivity contribution >= 4 is 11.8 Å². The number of benzene rings is 1. The van der Waals surface area contributed by atoms with E-state index in [-0.39, 0.29) is 11.5 Å². The lowest BCUT2D eigenvalue weighted by atomic mass is 10.1. The molecule has 0 unspecified atom stereocenters. The predicted octanol–water partition coefficient (Wildman–Crippen LogP) is 2.91. The molecule has 3 rings (SSSR count). The highest BCUT2D eigenvalue weighted by Gasteiger charge is 2.36. The fourth-order valence-corrected chi connectivity index (χ4v) is 3.89. The molecule has 1 aromatic carbocycles. The number of hydrogen-bond donors (Lipinski definition) is 1. The molecule has 0 bridgehead atoms. The van der Waals surface area contributed by atoms with E-state index < -0.39 is 17.6 Å². The summed E-state index contributed by atoms with van der Waals surface area (Å²) in [4.78, 5) is 28.1. The average molecular weight is 397 g/mol. The fourth-order valence-electron chi connectivity index (χ4n) is 3.89. The number of amides is 2. The molecule has 1 N–H and O–H groups in total. The van der Waals surface area contributed by atoms with Gasteiger partial charge in [-0.3, -0.25) is 14.5 Å². The Hall–Kier alpha value is -2.09. The molecule has 2 fully saturated rings. The second kappa shape index (κ2) is 8.94. The molecule has 28 heavy (non-hydrogen) atoms. The summed E-state index contributed by atoms with van der Waals surface area (Å²) < 4.78 is 39.4. The molecule has 1 saturated carbocycles.